The smallest absolute Gasteiger partial charge is 0.413 e. The first-order valence-electron chi connectivity index (χ1n) is 27.4. The van der Waals surface area contributed by atoms with Gasteiger partial charge in [-0.25, -0.2) is 19.7 Å². The fourth-order valence-corrected chi connectivity index (χ4v) is 12.9. The number of phenolic OH excluding ortho intramolecular Hbond substituents is 1. The molecule has 0 aliphatic carbocycles. The molecular formula is C59H69N13O6S. The molecule has 5 aliphatic rings. The lowest BCUT2D eigenvalue weighted by Gasteiger charge is -2.42. The number of piperazine rings is 1. The Labute approximate surface area is 464 Å². The fourth-order valence-electron chi connectivity index (χ4n) is 12.0. The second kappa shape index (κ2) is 22.6. The topological polar surface area (TPSA) is 232 Å². The molecule has 19 nitrogen and oxygen atoms in total. The van der Waals surface area contributed by atoms with Gasteiger partial charge >= 0.3 is 6.09 Å². The van der Waals surface area contributed by atoms with Crippen LogP contribution in [0, 0.1) is 12.3 Å². The number of fused-ring (bicyclic) bond motifs is 2. The molecule has 2 bridgehead atoms. The maximum Gasteiger partial charge on any atom is 0.413 e. The van der Waals surface area contributed by atoms with Crippen molar-refractivity contribution in [3.8, 4) is 33.2 Å². The number of aliphatic hydroxyl groups is 1. The van der Waals surface area contributed by atoms with Crippen molar-refractivity contribution in [3.63, 3.8) is 0 Å². The van der Waals surface area contributed by atoms with E-state index < -0.39 is 35.6 Å². The summed E-state index contributed by atoms with van der Waals surface area (Å²) in [5, 5.41) is 35.4. The summed E-state index contributed by atoms with van der Waals surface area (Å²) < 4.78 is 5.73. The first-order valence-corrected chi connectivity index (χ1v) is 28.3. The largest absolute Gasteiger partial charge is 0.507 e. The van der Waals surface area contributed by atoms with Crippen molar-refractivity contribution >= 4 is 58.0 Å². The number of nitrogens with two attached hydrogens (primary N) is 1. The molecule has 8 heterocycles. The number of hydrogen-bond donors (Lipinski definition) is 5. The Morgan fingerprint density at radius 1 is 0.848 bits per heavy atom. The monoisotopic (exact) mass is 1090 g/mol. The highest BCUT2D eigenvalue weighted by Gasteiger charge is 2.45. The highest BCUT2D eigenvalue weighted by molar-refractivity contribution is 7.13. The number of anilines is 4. The van der Waals surface area contributed by atoms with Gasteiger partial charge in [0.1, 0.15) is 23.6 Å². The van der Waals surface area contributed by atoms with Crippen LogP contribution in [0.25, 0.3) is 27.3 Å². The van der Waals surface area contributed by atoms with Crippen molar-refractivity contribution in [1.82, 2.24) is 45.6 Å². The van der Waals surface area contributed by atoms with Crippen molar-refractivity contribution in [2.24, 2.45) is 5.41 Å². The molecule has 4 saturated heterocycles. The van der Waals surface area contributed by atoms with Gasteiger partial charge in [0.15, 0.2) is 5.82 Å². The number of thiazole rings is 1. The number of nitrogen functional groups attached to an aromatic ring is 1. The number of carbonyl (C=O) groups is 3. The maximum absolute atomic E-state index is 14.2. The molecule has 0 spiro atoms. The van der Waals surface area contributed by atoms with Crippen molar-refractivity contribution in [2.45, 2.75) is 109 Å². The number of β-amino-alcohol motifs (C(OH)–C–C–N with tert-alkyl or cyclic N) is 1. The second-order valence-electron chi connectivity index (χ2n) is 22.6. The summed E-state index contributed by atoms with van der Waals surface area (Å²) >= 11 is 1.58. The van der Waals surface area contributed by atoms with Crippen molar-refractivity contribution in [3.05, 3.63) is 120 Å². The second-order valence-corrected chi connectivity index (χ2v) is 23.4. The van der Waals surface area contributed by atoms with Crippen LogP contribution in [0.4, 0.5) is 27.9 Å². The number of phenols is 1. The van der Waals surface area contributed by atoms with Crippen LogP contribution in [-0.4, -0.2) is 145 Å². The van der Waals surface area contributed by atoms with Gasteiger partial charge in [0.2, 0.25) is 17.8 Å². The zero-order valence-corrected chi connectivity index (χ0v) is 46.0. The lowest BCUT2D eigenvalue weighted by molar-refractivity contribution is -0.142. The number of nitrogens with zero attached hydrogens (tertiary/aromatic N) is 10. The minimum atomic E-state index is -1.03. The molecule has 5 aliphatic heterocycles. The fraction of sp³-hybridized carbons (Fsp3) is 0.424. The van der Waals surface area contributed by atoms with E-state index in [1.54, 1.807) is 35.6 Å². The zero-order valence-electron chi connectivity index (χ0n) is 45.2. The van der Waals surface area contributed by atoms with Crippen LogP contribution in [0.15, 0.2) is 103 Å². The highest BCUT2D eigenvalue weighted by Crippen LogP contribution is 2.39. The van der Waals surface area contributed by atoms with Crippen LogP contribution in [0.2, 0.25) is 0 Å². The van der Waals surface area contributed by atoms with Crippen LogP contribution in [0.5, 0.6) is 11.5 Å². The maximum atomic E-state index is 14.2. The van der Waals surface area contributed by atoms with Crippen molar-refractivity contribution in [1.29, 1.82) is 0 Å². The minimum absolute atomic E-state index is 0.0259. The Bertz CT molecular complexity index is 3180. The van der Waals surface area contributed by atoms with Crippen LogP contribution in [0.3, 0.4) is 0 Å². The minimum Gasteiger partial charge on any atom is -0.507 e. The molecule has 11 rings (SSSR count). The Kier molecular flexibility index (Phi) is 15.2. The van der Waals surface area contributed by atoms with Gasteiger partial charge in [0.05, 0.1) is 33.6 Å². The number of aromatic hydroxyl groups is 1. The predicted octanol–water partition coefficient (Wildman–Crippen LogP) is 7.05. The molecule has 0 radical (unpaired) electrons. The number of hydrogen-bond acceptors (Lipinski definition) is 17. The standard InChI is InChI=1S/C59H69N13O6S/c1-36-52(79-35-64-36)39-11-9-37(10-12-39)29-61-55(75)50-27-45(73)34-71(50)56(76)53(59(2,3)4)65-58(77)78-46-17-15-41(16-18-46)69-25-21-42(22-26-69)68-23-19-38(20-24-68)40-30-62-57(63-31-40)72-43-13-14-44(72)33-70(32-43)49-28-48(66-67-54(49)60)47-7-5-6-8-51(47)74/h5-12,15-19,28,30-31,35,42-45,50,53,73-74H,13-14,20-27,29,32-34H2,1-4H3,(H2,60,67)(H,61,75)(H,65,77)/t43?,44?,45-,50+,53-/m1/s1. The normalized spacial score (nSPS) is 21.2. The summed E-state index contributed by atoms with van der Waals surface area (Å²) in [6, 6.07) is 23.4. The molecule has 6 N–H and O–H groups in total. The molecule has 6 aromatic rings. The van der Waals surface area contributed by atoms with E-state index in [9.17, 15) is 24.6 Å². The summed E-state index contributed by atoms with van der Waals surface area (Å²) in [6.45, 7) is 12.9. The number of carbonyl (C=O) groups excluding carboxylic acids is 3. The SMILES string of the molecule is Cc1ncsc1-c1ccc(CNC(=O)[C@@H]2C[C@@H](O)CN2C(=O)[C@@H](NC(=O)Oc2ccc(N3CCC(N4CC=C(c5cnc(N6C7CCC6CN(c6cc(-c8ccccc8O)nnc6N)C7)nc5)CC4)CC3)cc2)C(C)(C)C)cc1. The van der Waals surface area contributed by atoms with Crippen molar-refractivity contribution in [2.75, 3.05) is 66.2 Å². The summed E-state index contributed by atoms with van der Waals surface area (Å²) in [6.07, 6.45) is 9.79. The van der Waals surface area contributed by atoms with E-state index in [0.717, 1.165) is 116 Å². The van der Waals surface area contributed by atoms with Gasteiger partial charge < -0.3 is 50.9 Å². The Balaban J connectivity index is 0.633. The predicted molar refractivity (Wildman–Crippen MR) is 306 cm³/mol. The molecular weight excluding hydrogens is 1020 g/mol. The quantitative estimate of drug-likeness (QED) is 0.0780. The van der Waals surface area contributed by atoms with Crippen LogP contribution >= 0.6 is 11.3 Å². The van der Waals surface area contributed by atoms with Crippen molar-refractivity contribution < 1.29 is 29.3 Å². The summed E-state index contributed by atoms with van der Waals surface area (Å²) in [4.78, 5) is 67.5. The number of piperidine rings is 1. The average Bonchev–Trinajstić information content (AvgIpc) is 4.22. The number of amides is 3. The average molecular weight is 1090 g/mol. The number of nitrogens with one attached hydrogen (secondary N) is 2. The Hall–Kier alpha value is -7.68. The summed E-state index contributed by atoms with van der Waals surface area (Å²) in [5.74, 6) is 0.797. The first-order chi connectivity index (χ1) is 38.1. The van der Waals surface area contributed by atoms with Gasteiger partial charge in [-0.2, -0.15) is 0 Å². The number of para-hydroxylation sites is 1. The van der Waals surface area contributed by atoms with Gasteiger partial charge in [0, 0.05) is 106 Å². The van der Waals surface area contributed by atoms with E-state index in [4.69, 9.17) is 20.4 Å². The third-order valence-corrected chi connectivity index (χ3v) is 17.3. The molecule has 0 saturated carbocycles. The number of benzene rings is 3. The molecule has 79 heavy (non-hydrogen) atoms. The number of aromatic nitrogens is 5. The molecule has 412 valence electrons. The summed E-state index contributed by atoms with van der Waals surface area (Å²) in [5.41, 5.74) is 15.8. The zero-order chi connectivity index (χ0) is 55.0. The number of ether oxygens (including phenoxy) is 1. The molecule has 4 fully saturated rings. The van der Waals surface area contributed by atoms with Gasteiger partial charge in [-0.3, -0.25) is 14.5 Å². The third-order valence-electron chi connectivity index (χ3n) is 16.3. The Morgan fingerprint density at radius 2 is 1.57 bits per heavy atom. The van der Waals surface area contributed by atoms with Gasteiger partial charge in [-0.15, -0.1) is 21.5 Å². The lowest BCUT2D eigenvalue weighted by Crippen LogP contribution is -2.58. The molecule has 20 heteroatoms. The summed E-state index contributed by atoms with van der Waals surface area (Å²) in [7, 11) is 0. The number of aliphatic hydroxyl groups excluding tert-OH is 1. The molecule has 3 aromatic heterocycles. The van der Waals surface area contributed by atoms with E-state index >= 15 is 0 Å². The number of aryl methyl sites for hydroxylation is 1. The van der Waals surface area contributed by atoms with Crippen LogP contribution in [-0.2, 0) is 16.1 Å². The molecule has 3 amide bonds. The van der Waals surface area contributed by atoms with Gasteiger partial charge in [-0.05, 0) is 104 Å². The van der Waals surface area contributed by atoms with E-state index in [1.165, 1.54) is 10.5 Å². The van der Waals surface area contributed by atoms with E-state index in [-0.39, 0.29) is 43.3 Å². The van der Waals surface area contributed by atoms with E-state index in [0.29, 0.717) is 28.9 Å². The van der Waals surface area contributed by atoms with Gasteiger partial charge in [-0.1, -0.05) is 63.2 Å². The highest BCUT2D eigenvalue weighted by atomic mass is 32.1. The third kappa shape index (κ3) is 11.6. The van der Waals surface area contributed by atoms with E-state index in [2.05, 4.69) is 51.5 Å². The lowest BCUT2D eigenvalue weighted by atomic mass is 9.85. The van der Waals surface area contributed by atoms with E-state index in [1.807, 2.05) is 100 Å². The number of likely N-dealkylation sites (tertiary alicyclic amines) is 1. The Morgan fingerprint density at radius 3 is 2.23 bits per heavy atom. The number of rotatable bonds is 13. The first kappa shape index (κ1) is 53.3. The molecule has 5 atom stereocenters. The van der Waals surface area contributed by atoms with Crippen LogP contribution in [0.1, 0.15) is 76.1 Å². The molecule has 2 unspecified atom stereocenters. The van der Waals surface area contributed by atoms with Gasteiger partial charge in [0.25, 0.3) is 0 Å². The molecule has 3 aromatic carbocycles. The van der Waals surface area contributed by atoms with Crippen LogP contribution < -0.4 is 35.8 Å².